The van der Waals surface area contributed by atoms with Crippen molar-refractivity contribution in [2.45, 2.75) is 31.7 Å². The molecule has 27 heavy (non-hydrogen) atoms. The van der Waals surface area contributed by atoms with E-state index in [4.69, 9.17) is 0 Å². The number of rotatable bonds is 5. The minimum absolute atomic E-state index is 0.0244. The molecule has 2 N–H and O–H groups in total. The summed E-state index contributed by atoms with van der Waals surface area (Å²) in [6, 6.07) is 10.3. The molecule has 0 saturated carbocycles. The van der Waals surface area contributed by atoms with Crippen LogP contribution in [-0.4, -0.2) is 44.2 Å². The molecule has 2 amide bonds. The number of H-pyrrole nitrogens is 1. The molecule has 0 unspecified atom stereocenters. The lowest BCUT2D eigenvalue weighted by Gasteiger charge is -2.30. The van der Waals surface area contributed by atoms with Gasteiger partial charge in [0.15, 0.2) is 0 Å². The van der Waals surface area contributed by atoms with Gasteiger partial charge in [-0.1, -0.05) is 30.3 Å². The number of benzene rings is 1. The molecule has 140 valence electrons. The van der Waals surface area contributed by atoms with Crippen molar-refractivity contribution in [3.8, 4) is 0 Å². The second kappa shape index (κ2) is 8.30. The minimum atomic E-state index is -0.0244. The number of carbonyl (C=O) groups excluding carboxylic acids is 1. The summed E-state index contributed by atoms with van der Waals surface area (Å²) in [5.74, 6) is 1.28. The molecule has 1 aromatic carbocycles. The molecular weight excluding hydrogens is 360 g/mol. The number of urea groups is 1. The van der Waals surface area contributed by atoms with E-state index in [0.717, 1.165) is 48.9 Å². The van der Waals surface area contributed by atoms with Crippen molar-refractivity contribution >= 4 is 17.4 Å². The molecule has 4 rings (SSSR count). The van der Waals surface area contributed by atoms with E-state index in [1.165, 1.54) is 11.9 Å². The summed E-state index contributed by atoms with van der Waals surface area (Å²) in [6.07, 6.45) is 4.17. The molecule has 0 aliphatic carbocycles. The van der Waals surface area contributed by atoms with Crippen molar-refractivity contribution in [3.05, 3.63) is 64.1 Å². The maximum absolute atomic E-state index is 12.4. The van der Waals surface area contributed by atoms with Gasteiger partial charge in [0.2, 0.25) is 0 Å². The summed E-state index contributed by atoms with van der Waals surface area (Å²) in [7, 11) is 0. The molecule has 2 aromatic heterocycles. The van der Waals surface area contributed by atoms with Gasteiger partial charge in [-0.15, -0.1) is 11.3 Å². The minimum Gasteiger partial charge on any atom is -0.332 e. The van der Waals surface area contributed by atoms with E-state index in [1.807, 2.05) is 28.5 Å². The summed E-state index contributed by atoms with van der Waals surface area (Å²) in [5.41, 5.74) is 2.16. The molecule has 1 aliphatic heterocycles. The van der Waals surface area contributed by atoms with Crippen LogP contribution in [0.15, 0.2) is 42.0 Å². The first-order valence-electron chi connectivity index (χ1n) is 9.13. The van der Waals surface area contributed by atoms with E-state index in [1.54, 1.807) is 11.3 Å². The van der Waals surface area contributed by atoms with Gasteiger partial charge in [0.05, 0.1) is 17.2 Å². The second-order valence-electron chi connectivity index (χ2n) is 6.69. The standard InChI is InChI=1S/C19H22N6OS/c26-19(25-8-6-15(7-9-25)18-21-13-22-24-18)20-11-16-12-27-17(23-16)10-14-4-2-1-3-5-14/h1-5,12-13,15H,6-11H2,(H,20,26)(H,21,22,24). The summed E-state index contributed by atoms with van der Waals surface area (Å²) < 4.78 is 0. The van der Waals surface area contributed by atoms with Crippen LogP contribution in [0.3, 0.4) is 0 Å². The molecular formula is C19H22N6OS. The van der Waals surface area contributed by atoms with Gasteiger partial charge in [0.25, 0.3) is 0 Å². The Kier molecular flexibility index (Phi) is 5.43. The molecule has 0 spiro atoms. The highest BCUT2D eigenvalue weighted by Crippen LogP contribution is 2.24. The zero-order valence-corrected chi connectivity index (χ0v) is 15.8. The molecule has 0 radical (unpaired) electrons. The summed E-state index contributed by atoms with van der Waals surface area (Å²) >= 11 is 1.64. The monoisotopic (exact) mass is 382 g/mol. The Morgan fingerprint density at radius 3 is 2.81 bits per heavy atom. The predicted molar refractivity (Wildman–Crippen MR) is 104 cm³/mol. The second-order valence-corrected chi connectivity index (χ2v) is 7.63. The average Bonchev–Trinajstić information content (AvgIpc) is 3.39. The number of likely N-dealkylation sites (tertiary alicyclic amines) is 1. The highest BCUT2D eigenvalue weighted by atomic mass is 32.1. The Morgan fingerprint density at radius 1 is 1.26 bits per heavy atom. The maximum atomic E-state index is 12.4. The average molecular weight is 382 g/mol. The molecule has 0 atom stereocenters. The molecule has 0 bridgehead atoms. The van der Waals surface area contributed by atoms with Crippen molar-refractivity contribution in [1.29, 1.82) is 0 Å². The number of nitrogens with one attached hydrogen (secondary N) is 2. The van der Waals surface area contributed by atoms with Gasteiger partial charge in [-0.25, -0.2) is 14.8 Å². The Balaban J connectivity index is 1.24. The number of aromatic amines is 1. The fourth-order valence-electron chi connectivity index (χ4n) is 3.33. The van der Waals surface area contributed by atoms with Crippen LogP contribution in [-0.2, 0) is 13.0 Å². The third-order valence-corrected chi connectivity index (χ3v) is 5.72. The summed E-state index contributed by atoms with van der Waals surface area (Å²) in [6.45, 7) is 1.92. The van der Waals surface area contributed by atoms with Crippen molar-refractivity contribution < 1.29 is 4.79 Å². The summed E-state index contributed by atoms with van der Waals surface area (Å²) in [5, 5.41) is 12.9. The first kappa shape index (κ1) is 17.7. The molecule has 3 aromatic rings. The smallest absolute Gasteiger partial charge is 0.317 e. The zero-order chi connectivity index (χ0) is 18.5. The van der Waals surface area contributed by atoms with E-state index in [2.05, 4.69) is 37.6 Å². The number of hydrogen-bond acceptors (Lipinski definition) is 5. The molecule has 1 aliphatic rings. The number of amides is 2. The third-order valence-electron chi connectivity index (χ3n) is 4.82. The molecule has 7 nitrogen and oxygen atoms in total. The normalized spacial score (nSPS) is 15.0. The number of carbonyl (C=O) groups is 1. The van der Waals surface area contributed by atoms with Crippen LogP contribution in [0, 0.1) is 0 Å². The predicted octanol–water partition coefficient (Wildman–Crippen LogP) is 2.94. The lowest BCUT2D eigenvalue weighted by Crippen LogP contribution is -2.44. The SMILES string of the molecule is O=C(NCc1csc(Cc2ccccc2)n1)N1CCC(c2ncn[nH]2)CC1. The van der Waals surface area contributed by atoms with E-state index in [-0.39, 0.29) is 6.03 Å². The number of thiazole rings is 1. The van der Waals surface area contributed by atoms with Crippen molar-refractivity contribution in [3.63, 3.8) is 0 Å². The van der Waals surface area contributed by atoms with Crippen molar-refractivity contribution in [2.24, 2.45) is 0 Å². The van der Waals surface area contributed by atoms with Crippen LogP contribution in [0.2, 0.25) is 0 Å². The molecule has 3 heterocycles. The van der Waals surface area contributed by atoms with Crippen molar-refractivity contribution in [2.75, 3.05) is 13.1 Å². The molecule has 1 saturated heterocycles. The van der Waals surface area contributed by atoms with Gasteiger partial charge in [-0.2, -0.15) is 5.10 Å². The lowest BCUT2D eigenvalue weighted by molar-refractivity contribution is 0.180. The third kappa shape index (κ3) is 4.51. The largest absolute Gasteiger partial charge is 0.332 e. The molecule has 8 heteroatoms. The Labute approximate surface area is 161 Å². The first-order chi connectivity index (χ1) is 13.3. The Morgan fingerprint density at radius 2 is 2.07 bits per heavy atom. The van der Waals surface area contributed by atoms with Crippen LogP contribution >= 0.6 is 11.3 Å². The lowest BCUT2D eigenvalue weighted by atomic mass is 9.96. The summed E-state index contributed by atoms with van der Waals surface area (Å²) in [4.78, 5) is 23.1. The maximum Gasteiger partial charge on any atom is 0.317 e. The van der Waals surface area contributed by atoms with E-state index < -0.39 is 0 Å². The van der Waals surface area contributed by atoms with Crippen LogP contribution in [0.25, 0.3) is 0 Å². The van der Waals surface area contributed by atoms with Gasteiger partial charge in [0.1, 0.15) is 12.2 Å². The first-order valence-corrected chi connectivity index (χ1v) is 10.0. The fraction of sp³-hybridized carbons (Fsp3) is 0.368. The van der Waals surface area contributed by atoms with Gasteiger partial charge in [0, 0.05) is 30.8 Å². The van der Waals surface area contributed by atoms with Gasteiger partial charge < -0.3 is 10.2 Å². The zero-order valence-electron chi connectivity index (χ0n) is 15.0. The fourth-order valence-corrected chi connectivity index (χ4v) is 4.16. The van der Waals surface area contributed by atoms with Crippen LogP contribution in [0.5, 0.6) is 0 Å². The highest BCUT2D eigenvalue weighted by Gasteiger charge is 2.25. The number of aromatic nitrogens is 4. The van der Waals surface area contributed by atoms with Crippen molar-refractivity contribution in [1.82, 2.24) is 30.4 Å². The van der Waals surface area contributed by atoms with Gasteiger partial charge in [-0.3, -0.25) is 5.10 Å². The molecule has 1 fully saturated rings. The highest BCUT2D eigenvalue weighted by molar-refractivity contribution is 7.09. The van der Waals surface area contributed by atoms with Gasteiger partial charge >= 0.3 is 6.03 Å². The quantitative estimate of drug-likeness (QED) is 0.710. The number of piperidine rings is 1. The number of hydrogen-bond donors (Lipinski definition) is 2. The van der Waals surface area contributed by atoms with Gasteiger partial charge in [-0.05, 0) is 18.4 Å². The van der Waals surface area contributed by atoms with E-state index in [0.29, 0.717) is 12.5 Å². The van der Waals surface area contributed by atoms with Crippen LogP contribution in [0.1, 0.15) is 40.8 Å². The van der Waals surface area contributed by atoms with E-state index in [9.17, 15) is 4.79 Å². The van der Waals surface area contributed by atoms with Crippen LogP contribution < -0.4 is 5.32 Å². The Bertz CT molecular complexity index is 855. The van der Waals surface area contributed by atoms with Crippen LogP contribution in [0.4, 0.5) is 4.79 Å². The van der Waals surface area contributed by atoms with E-state index >= 15 is 0 Å². The Hall–Kier alpha value is -2.74. The topological polar surface area (TPSA) is 86.8 Å². The number of nitrogens with zero attached hydrogens (tertiary/aromatic N) is 4.